The lowest BCUT2D eigenvalue weighted by Crippen LogP contribution is -2.20. The van der Waals surface area contributed by atoms with Crippen LogP contribution in [0.15, 0.2) is 11.6 Å². The summed E-state index contributed by atoms with van der Waals surface area (Å²) in [6, 6.07) is 0. The standard InChI is InChI=1S/C13H22O3/c14-12(10-13-15-8-9-16-13)11-6-4-2-1-3-5-7-11/h6,12-14H,1-5,7-10H2. The topological polar surface area (TPSA) is 38.7 Å². The summed E-state index contributed by atoms with van der Waals surface area (Å²) in [4.78, 5) is 0. The van der Waals surface area contributed by atoms with E-state index in [-0.39, 0.29) is 12.4 Å². The Balaban J connectivity index is 1.83. The van der Waals surface area contributed by atoms with E-state index in [2.05, 4.69) is 6.08 Å². The van der Waals surface area contributed by atoms with Crippen LogP contribution < -0.4 is 0 Å². The number of hydrogen-bond donors (Lipinski definition) is 1. The average Bonchev–Trinajstić information content (AvgIpc) is 2.69. The fraction of sp³-hybridized carbons (Fsp3) is 0.846. The van der Waals surface area contributed by atoms with Crippen molar-refractivity contribution in [2.24, 2.45) is 0 Å². The zero-order valence-electron chi connectivity index (χ0n) is 9.86. The smallest absolute Gasteiger partial charge is 0.160 e. The maximum Gasteiger partial charge on any atom is 0.160 e. The molecule has 1 heterocycles. The molecule has 1 aliphatic heterocycles. The molecule has 0 radical (unpaired) electrons. The van der Waals surface area contributed by atoms with E-state index in [0.29, 0.717) is 19.6 Å². The molecule has 1 atom stereocenters. The summed E-state index contributed by atoms with van der Waals surface area (Å²) in [6.45, 7) is 1.33. The first-order valence-corrected chi connectivity index (χ1v) is 6.46. The van der Waals surface area contributed by atoms with Crippen molar-refractivity contribution in [3.05, 3.63) is 11.6 Å². The van der Waals surface area contributed by atoms with Gasteiger partial charge < -0.3 is 14.6 Å². The molecule has 0 bridgehead atoms. The minimum atomic E-state index is -0.374. The van der Waals surface area contributed by atoms with Crippen LogP contribution in [0.25, 0.3) is 0 Å². The Hall–Kier alpha value is -0.380. The molecule has 2 aliphatic rings. The summed E-state index contributed by atoms with van der Waals surface area (Å²) in [5.41, 5.74) is 1.19. The van der Waals surface area contributed by atoms with Crippen LogP contribution in [0, 0.1) is 0 Å². The second-order valence-corrected chi connectivity index (χ2v) is 4.65. The van der Waals surface area contributed by atoms with Crippen LogP contribution in [0.4, 0.5) is 0 Å². The molecule has 0 aromatic rings. The minimum absolute atomic E-state index is 0.193. The SMILES string of the molecule is OC(CC1OCCO1)C1=CCCCCCC1. The summed E-state index contributed by atoms with van der Waals surface area (Å²) in [7, 11) is 0. The molecular formula is C13H22O3. The van der Waals surface area contributed by atoms with E-state index in [0.717, 1.165) is 12.8 Å². The first-order valence-electron chi connectivity index (χ1n) is 6.46. The van der Waals surface area contributed by atoms with Crippen molar-refractivity contribution in [3.8, 4) is 0 Å². The van der Waals surface area contributed by atoms with Gasteiger partial charge in [0.05, 0.1) is 19.3 Å². The van der Waals surface area contributed by atoms with Crippen molar-refractivity contribution in [2.75, 3.05) is 13.2 Å². The molecule has 0 aromatic carbocycles. The second kappa shape index (κ2) is 6.38. The van der Waals surface area contributed by atoms with Crippen molar-refractivity contribution >= 4 is 0 Å². The highest BCUT2D eigenvalue weighted by Gasteiger charge is 2.22. The van der Waals surface area contributed by atoms with Crippen LogP contribution in [-0.2, 0) is 9.47 Å². The zero-order valence-corrected chi connectivity index (χ0v) is 9.86. The van der Waals surface area contributed by atoms with Crippen molar-refractivity contribution in [1.82, 2.24) is 0 Å². The van der Waals surface area contributed by atoms with Crippen LogP contribution in [0.5, 0.6) is 0 Å². The third-order valence-corrected chi connectivity index (χ3v) is 3.36. The number of ether oxygens (including phenoxy) is 2. The van der Waals surface area contributed by atoms with Crippen LogP contribution in [0.3, 0.4) is 0 Å². The van der Waals surface area contributed by atoms with Crippen molar-refractivity contribution in [3.63, 3.8) is 0 Å². The number of aliphatic hydroxyl groups excluding tert-OH is 1. The highest BCUT2D eigenvalue weighted by atomic mass is 16.7. The van der Waals surface area contributed by atoms with Crippen molar-refractivity contribution < 1.29 is 14.6 Å². The Kier molecular flexibility index (Phi) is 4.82. The molecule has 3 heteroatoms. The van der Waals surface area contributed by atoms with Gasteiger partial charge in [-0.25, -0.2) is 0 Å². The minimum Gasteiger partial charge on any atom is -0.389 e. The predicted octanol–water partition coefficient (Wildman–Crippen LogP) is 2.39. The van der Waals surface area contributed by atoms with Gasteiger partial charge in [0.2, 0.25) is 0 Å². The van der Waals surface area contributed by atoms with Gasteiger partial charge in [0.25, 0.3) is 0 Å². The molecular weight excluding hydrogens is 204 g/mol. The lowest BCUT2D eigenvalue weighted by molar-refractivity contribution is -0.0654. The molecule has 0 aromatic heterocycles. The molecule has 0 amide bonds. The molecule has 1 N–H and O–H groups in total. The van der Waals surface area contributed by atoms with Gasteiger partial charge in [-0.1, -0.05) is 18.9 Å². The van der Waals surface area contributed by atoms with Gasteiger partial charge in [-0.15, -0.1) is 0 Å². The molecule has 3 nitrogen and oxygen atoms in total. The molecule has 0 saturated carbocycles. The Morgan fingerprint density at radius 3 is 2.75 bits per heavy atom. The third kappa shape index (κ3) is 3.58. The number of aliphatic hydroxyl groups is 1. The lowest BCUT2D eigenvalue weighted by atomic mass is 9.95. The van der Waals surface area contributed by atoms with Gasteiger partial charge in [-0.2, -0.15) is 0 Å². The van der Waals surface area contributed by atoms with Gasteiger partial charge in [-0.05, 0) is 31.3 Å². The molecule has 1 aliphatic carbocycles. The number of hydrogen-bond acceptors (Lipinski definition) is 3. The number of rotatable bonds is 3. The normalized spacial score (nSPS) is 25.9. The molecule has 2 rings (SSSR count). The van der Waals surface area contributed by atoms with E-state index in [4.69, 9.17) is 9.47 Å². The van der Waals surface area contributed by atoms with E-state index < -0.39 is 0 Å². The maximum atomic E-state index is 10.1. The van der Waals surface area contributed by atoms with Crippen molar-refractivity contribution in [2.45, 2.75) is 57.3 Å². The van der Waals surface area contributed by atoms with E-state index >= 15 is 0 Å². The summed E-state index contributed by atoms with van der Waals surface area (Å²) < 4.78 is 10.7. The number of allylic oxidation sites excluding steroid dienone is 1. The van der Waals surface area contributed by atoms with E-state index in [1.54, 1.807) is 0 Å². The van der Waals surface area contributed by atoms with E-state index in [1.165, 1.54) is 31.3 Å². The largest absolute Gasteiger partial charge is 0.389 e. The first-order chi connectivity index (χ1) is 7.86. The lowest BCUT2D eigenvalue weighted by Gasteiger charge is -2.19. The van der Waals surface area contributed by atoms with Gasteiger partial charge in [0.15, 0.2) is 6.29 Å². The fourth-order valence-electron chi connectivity index (χ4n) is 2.40. The van der Waals surface area contributed by atoms with Crippen LogP contribution in [0.2, 0.25) is 0 Å². The van der Waals surface area contributed by atoms with E-state index in [1.807, 2.05) is 0 Å². The van der Waals surface area contributed by atoms with Crippen LogP contribution in [0.1, 0.15) is 44.9 Å². The van der Waals surface area contributed by atoms with Crippen LogP contribution >= 0.6 is 0 Å². The van der Waals surface area contributed by atoms with Gasteiger partial charge in [0, 0.05) is 6.42 Å². The van der Waals surface area contributed by atoms with Crippen molar-refractivity contribution in [1.29, 1.82) is 0 Å². The molecule has 1 unspecified atom stereocenters. The third-order valence-electron chi connectivity index (χ3n) is 3.36. The molecule has 1 fully saturated rings. The Labute approximate surface area is 97.4 Å². The first kappa shape index (κ1) is 12.1. The Bertz CT molecular complexity index is 231. The highest BCUT2D eigenvalue weighted by Crippen LogP contribution is 2.23. The molecule has 1 saturated heterocycles. The summed E-state index contributed by atoms with van der Waals surface area (Å²) >= 11 is 0. The summed E-state index contributed by atoms with van der Waals surface area (Å²) in [5, 5.41) is 10.1. The van der Waals surface area contributed by atoms with Crippen LogP contribution in [-0.4, -0.2) is 30.7 Å². The molecule has 92 valence electrons. The highest BCUT2D eigenvalue weighted by molar-refractivity contribution is 5.08. The molecule has 16 heavy (non-hydrogen) atoms. The van der Waals surface area contributed by atoms with Gasteiger partial charge in [-0.3, -0.25) is 0 Å². The summed E-state index contributed by atoms with van der Waals surface area (Å²) in [5.74, 6) is 0. The second-order valence-electron chi connectivity index (χ2n) is 4.65. The van der Waals surface area contributed by atoms with Gasteiger partial charge in [0.1, 0.15) is 0 Å². The molecule has 0 spiro atoms. The Morgan fingerprint density at radius 2 is 1.94 bits per heavy atom. The fourth-order valence-corrected chi connectivity index (χ4v) is 2.40. The van der Waals surface area contributed by atoms with Gasteiger partial charge >= 0.3 is 0 Å². The zero-order chi connectivity index (χ0) is 11.2. The predicted molar refractivity (Wildman–Crippen MR) is 62.1 cm³/mol. The quantitative estimate of drug-likeness (QED) is 0.751. The van der Waals surface area contributed by atoms with E-state index in [9.17, 15) is 5.11 Å². The maximum absolute atomic E-state index is 10.1. The monoisotopic (exact) mass is 226 g/mol. The summed E-state index contributed by atoms with van der Waals surface area (Å²) in [6.07, 6.45) is 9.47. The average molecular weight is 226 g/mol. The Morgan fingerprint density at radius 1 is 1.19 bits per heavy atom.